The Morgan fingerprint density at radius 2 is 2.16 bits per heavy atom. The van der Waals surface area contributed by atoms with Crippen molar-refractivity contribution >= 4 is 0 Å². The smallest absolute Gasteiger partial charge is 0.264 e. The molecule has 102 valence electrons. The summed E-state index contributed by atoms with van der Waals surface area (Å²) in [7, 11) is 0. The molecule has 19 heavy (non-hydrogen) atoms. The average Bonchev–Trinajstić information content (AvgIpc) is 2.85. The fraction of sp³-hybridized carbons (Fsp3) is 0.462. The molecule has 0 radical (unpaired) electrons. The van der Waals surface area contributed by atoms with E-state index in [0.29, 0.717) is 23.2 Å². The molecule has 2 aromatic heterocycles. The molecule has 2 aromatic rings. The molecule has 0 aromatic carbocycles. The summed E-state index contributed by atoms with van der Waals surface area (Å²) in [5.74, 6) is 1.64. The summed E-state index contributed by atoms with van der Waals surface area (Å²) >= 11 is 0. The van der Waals surface area contributed by atoms with Crippen molar-refractivity contribution in [3.8, 4) is 5.75 Å². The molecule has 2 rings (SSSR count). The van der Waals surface area contributed by atoms with Gasteiger partial charge in [-0.2, -0.15) is 4.98 Å². The van der Waals surface area contributed by atoms with Gasteiger partial charge in [0, 0.05) is 12.1 Å². The number of hydrogen-bond acceptors (Lipinski definition) is 6. The quantitative estimate of drug-likeness (QED) is 0.855. The molecule has 0 aliphatic rings. The molecule has 0 saturated carbocycles. The molecule has 0 spiro atoms. The normalized spacial score (nSPS) is 10.7. The maximum absolute atomic E-state index is 9.22. The van der Waals surface area contributed by atoms with Gasteiger partial charge in [-0.05, 0) is 25.5 Å². The zero-order valence-corrected chi connectivity index (χ0v) is 11.1. The van der Waals surface area contributed by atoms with E-state index in [0.717, 1.165) is 18.5 Å². The molecule has 0 unspecified atom stereocenters. The van der Waals surface area contributed by atoms with E-state index in [1.54, 1.807) is 6.07 Å². The number of hydrogen-bond donors (Lipinski definition) is 1. The van der Waals surface area contributed by atoms with Gasteiger partial charge in [0.05, 0.1) is 6.61 Å². The highest BCUT2D eigenvalue weighted by molar-refractivity contribution is 5.28. The van der Waals surface area contributed by atoms with Crippen molar-refractivity contribution in [2.24, 2.45) is 0 Å². The summed E-state index contributed by atoms with van der Waals surface area (Å²) < 4.78 is 10.6. The van der Waals surface area contributed by atoms with Gasteiger partial charge in [-0.1, -0.05) is 12.1 Å². The highest BCUT2D eigenvalue weighted by Gasteiger charge is 2.09. The van der Waals surface area contributed by atoms with E-state index in [1.807, 2.05) is 13.0 Å². The van der Waals surface area contributed by atoms with E-state index in [2.05, 4.69) is 22.0 Å². The Bertz CT molecular complexity index is 540. The fourth-order valence-corrected chi connectivity index (χ4v) is 1.66. The highest BCUT2D eigenvalue weighted by atomic mass is 16.5. The number of nitrogens with zero attached hydrogens (tertiary/aromatic N) is 3. The van der Waals surface area contributed by atoms with E-state index >= 15 is 0 Å². The van der Waals surface area contributed by atoms with Crippen molar-refractivity contribution in [2.45, 2.75) is 39.9 Å². The second-order valence-corrected chi connectivity index (χ2v) is 4.20. The predicted octanol–water partition coefficient (Wildman–Crippen LogP) is 1.80. The Morgan fingerprint density at radius 3 is 2.89 bits per heavy atom. The maximum Gasteiger partial charge on any atom is 0.264 e. The lowest BCUT2D eigenvalue weighted by atomic mass is 10.3. The van der Waals surface area contributed by atoms with Crippen LogP contribution in [0.1, 0.15) is 36.4 Å². The van der Waals surface area contributed by atoms with Crippen LogP contribution in [0.4, 0.5) is 0 Å². The molecule has 6 nitrogen and oxygen atoms in total. The lowest BCUT2D eigenvalue weighted by Crippen LogP contribution is -2.02. The molecule has 0 atom stereocenters. The standard InChI is InChI=1S/C13H17N3O3/c1-3-4-12-15-13(19-16-12)8-18-11-6-5-9(2)14-10(11)7-17/h5-6,17H,3-4,7-8H2,1-2H3. The number of ether oxygens (including phenoxy) is 1. The number of pyridine rings is 1. The van der Waals surface area contributed by atoms with Crippen molar-refractivity contribution in [3.63, 3.8) is 0 Å². The van der Waals surface area contributed by atoms with Crippen molar-refractivity contribution in [2.75, 3.05) is 0 Å². The third-order valence-electron chi connectivity index (χ3n) is 2.56. The van der Waals surface area contributed by atoms with Crippen molar-refractivity contribution in [3.05, 3.63) is 35.2 Å². The topological polar surface area (TPSA) is 81.3 Å². The zero-order valence-electron chi connectivity index (χ0n) is 11.1. The van der Waals surface area contributed by atoms with Gasteiger partial charge in [-0.25, -0.2) is 0 Å². The first-order valence-corrected chi connectivity index (χ1v) is 6.24. The van der Waals surface area contributed by atoms with Gasteiger partial charge in [0.1, 0.15) is 11.4 Å². The van der Waals surface area contributed by atoms with Crippen LogP contribution < -0.4 is 4.74 Å². The maximum atomic E-state index is 9.22. The summed E-state index contributed by atoms with van der Waals surface area (Å²) in [5.41, 5.74) is 1.34. The van der Waals surface area contributed by atoms with Gasteiger partial charge in [-0.15, -0.1) is 0 Å². The third-order valence-corrected chi connectivity index (χ3v) is 2.56. The van der Waals surface area contributed by atoms with Crippen molar-refractivity contribution in [1.29, 1.82) is 0 Å². The van der Waals surface area contributed by atoms with Gasteiger partial charge < -0.3 is 14.4 Å². The van der Waals surface area contributed by atoms with Gasteiger partial charge in [-0.3, -0.25) is 4.98 Å². The molecule has 2 heterocycles. The summed E-state index contributed by atoms with van der Waals surface area (Å²) in [6.07, 6.45) is 1.76. The minimum absolute atomic E-state index is 0.165. The van der Waals surface area contributed by atoms with Crippen LogP contribution >= 0.6 is 0 Å². The minimum Gasteiger partial charge on any atom is -0.482 e. The van der Waals surface area contributed by atoms with E-state index in [4.69, 9.17) is 9.26 Å². The van der Waals surface area contributed by atoms with Crippen LogP contribution in [0.3, 0.4) is 0 Å². The number of aryl methyl sites for hydroxylation is 2. The van der Waals surface area contributed by atoms with Crippen LogP contribution in [0, 0.1) is 6.92 Å². The lowest BCUT2D eigenvalue weighted by molar-refractivity contribution is 0.225. The Kier molecular flexibility index (Phi) is 4.46. The first-order valence-electron chi connectivity index (χ1n) is 6.24. The van der Waals surface area contributed by atoms with E-state index in [9.17, 15) is 5.11 Å². The Morgan fingerprint density at radius 1 is 1.32 bits per heavy atom. The van der Waals surface area contributed by atoms with Crippen LogP contribution in [-0.4, -0.2) is 20.2 Å². The van der Waals surface area contributed by atoms with Crippen molar-refractivity contribution < 1.29 is 14.4 Å². The third kappa shape index (κ3) is 3.51. The summed E-state index contributed by atoms with van der Waals surface area (Å²) in [6, 6.07) is 3.60. The Hall–Kier alpha value is -1.95. The predicted molar refractivity (Wildman–Crippen MR) is 67.5 cm³/mol. The molecular formula is C13H17N3O3. The van der Waals surface area contributed by atoms with Crippen LogP contribution in [0.2, 0.25) is 0 Å². The monoisotopic (exact) mass is 263 g/mol. The van der Waals surface area contributed by atoms with Crippen LogP contribution in [-0.2, 0) is 19.6 Å². The SMILES string of the molecule is CCCc1noc(COc2ccc(C)nc2CO)n1. The van der Waals surface area contributed by atoms with Gasteiger partial charge in [0.15, 0.2) is 12.4 Å². The molecule has 0 saturated heterocycles. The number of aromatic nitrogens is 3. The van der Waals surface area contributed by atoms with Gasteiger partial charge in [0.25, 0.3) is 5.89 Å². The first-order chi connectivity index (χ1) is 9.22. The molecule has 0 aliphatic heterocycles. The molecule has 6 heteroatoms. The van der Waals surface area contributed by atoms with Crippen LogP contribution in [0.5, 0.6) is 5.75 Å². The minimum atomic E-state index is -0.165. The molecule has 0 fully saturated rings. The lowest BCUT2D eigenvalue weighted by Gasteiger charge is -2.07. The fourth-order valence-electron chi connectivity index (χ4n) is 1.66. The second-order valence-electron chi connectivity index (χ2n) is 4.20. The largest absolute Gasteiger partial charge is 0.482 e. The number of rotatable bonds is 6. The van der Waals surface area contributed by atoms with E-state index in [-0.39, 0.29) is 13.2 Å². The summed E-state index contributed by atoms with van der Waals surface area (Å²) in [5, 5.41) is 13.1. The average molecular weight is 263 g/mol. The molecule has 0 amide bonds. The summed E-state index contributed by atoms with van der Waals surface area (Å²) in [6.45, 7) is 3.92. The van der Waals surface area contributed by atoms with Crippen molar-refractivity contribution in [1.82, 2.24) is 15.1 Å². The zero-order chi connectivity index (χ0) is 13.7. The molecule has 0 bridgehead atoms. The molecule has 0 aliphatic carbocycles. The molecular weight excluding hydrogens is 246 g/mol. The Labute approximate surface area is 111 Å². The first kappa shape index (κ1) is 13.5. The van der Waals surface area contributed by atoms with E-state index in [1.165, 1.54) is 0 Å². The van der Waals surface area contributed by atoms with E-state index < -0.39 is 0 Å². The van der Waals surface area contributed by atoms with Crippen LogP contribution in [0.25, 0.3) is 0 Å². The number of aliphatic hydroxyl groups excluding tert-OH is 1. The highest BCUT2D eigenvalue weighted by Crippen LogP contribution is 2.18. The van der Waals surface area contributed by atoms with Crippen LogP contribution in [0.15, 0.2) is 16.7 Å². The second kappa shape index (κ2) is 6.29. The summed E-state index contributed by atoms with van der Waals surface area (Å²) in [4.78, 5) is 8.40. The van der Waals surface area contributed by atoms with Gasteiger partial charge >= 0.3 is 0 Å². The number of aliphatic hydroxyl groups is 1. The Balaban J connectivity index is 2.01. The van der Waals surface area contributed by atoms with Gasteiger partial charge in [0.2, 0.25) is 0 Å². The molecule has 1 N–H and O–H groups in total.